The second kappa shape index (κ2) is 6.54. The van der Waals surface area contributed by atoms with Crippen molar-refractivity contribution in [3.05, 3.63) is 52.2 Å². The van der Waals surface area contributed by atoms with Crippen LogP contribution in [0.2, 0.25) is 0 Å². The summed E-state index contributed by atoms with van der Waals surface area (Å²) in [4.78, 5) is 10.8. The van der Waals surface area contributed by atoms with E-state index in [2.05, 4.69) is 16.9 Å². The number of ether oxygens (including phenoxy) is 1. The number of fused-ring (bicyclic) bond motifs is 3. The zero-order valence-electron chi connectivity index (χ0n) is 14.1. The Hall–Kier alpha value is -2.15. The van der Waals surface area contributed by atoms with Crippen LogP contribution in [0.4, 0.5) is 13.2 Å². The average Bonchev–Trinajstić information content (AvgIpc) is 2.97. The van der Waals surface area contributed by atoms with Crippen LogP contribution in [-0.4, -0.2) is 9.97 Å². The highest BCUT2D eigenvalue weighted by molar-refractivity contribution is 7.18. The largest absolute Gasteiger partial charge is 0.472 e. The van der Waals surface area contributed by atoms with Crippen LogP contribution >= 0.6 is 11.3 Å². The molecule has 1 atom stereocenters. The van der Waals surface area contributed by atoms with Crippen molar-refractivity contribution in [1.29, 1.82) is 0 Å². The third kappa shape index (κ3) is 3.28. The van der Waals surface area contributed by atoms with Crippen molar-refractivity contribution in [2.24, 2.45) is 5.92 Å². The molecule has 1 aromatic carbocycles. The van der Waals surface area contributed by atoms with Gasteiger partial charge in [-0.15, -0.1) is 11.3 Å². The van der Waals surface area contributed by atoms with Crippen LogP contribution in [0.5, 0.6) is 5.88 Å². The van der Waals surface area contributed by atoms with Gasteiger partial charge in [-0.3, -0.25) is 0 Å². The first-order valence-corrected chi connectivity index (χ1v) is 9.27. The summed E-state index contributed by atoms with van der Waals surface area (Å²) in [7, 11) is 0. The molecule has 26 heavy (non-hydrogen) atoms. The number of alkyl halides is 3. The Bertz CT molecular complexity index is 952. The number of hydrogen-bond donors (Lipinski definition) is 0. The molecule has 0 unspecified atom stereocenters. The first-order chi connectivity index (χ1) is 12.4. The van der Waals surface area contributed by atoms with Gasteiger partial charge < -0.3 is 4.74 Å². The van der Waals surface area contributed by atoms with E-state index in [1.54, 1.807) is 17.4 Å². The Labute approximate surface area is 152 Å². The Morgan fingerprint density at radius 1 is 1.27 bits per heavy atom. The molecule has 0 aliphatic heterocycles. The summed E-state index contributed by atoms with van der Waals surface area (Å²) >= 11 is 1.67. The van der Waals surface area contributed by atoms with Gasteiger partial charge in [0.25, 0.3) is 0 Å². The molecule has 2 aromatic heterocycles. The molecule has 0 saturated carbocycles. The van der Waals surface area contributed by atoms with Gasteiger partial charge in [0, 0.05) is 4.88 Å². The number of hydrogen-bond acceptors (Lipinski definition) is 4. The lowest BCUT2D eigenvalue weighted by molar-refractivity contribution is -0.137. The number of benzene rings is 1. The maximum atomic E-state index is 12.9. The topological polar surface area (TPSA) is 35.0 Å². The minimum Gasteiger partial charge on any atom is -0.472 e. The molecule has 0 fully saturated rings. The lowest BCUT2D eigenvalue weighted by Crippen LogP contribution is -2.09. The van der Waals surface area contributed by atoms with Crippen molar-refractivity contribution in [2.45, 2.75) is 39.0 Å². The molecule has 3 nitrogen and oxygen atoms in total. The molecule has 0 saturated heterocycles. The van der Waals surface area contributed by atoms with Crippen molar-refractivity contribution in [3.63, 3.8) is 0 Å². The van der Waals surface area contributed by atoms with Crippen LogP contribution in [0.3, 0.4) is 0 Å². The number of aryl methyl sites for hydroxylation is 1. The normalized spacial score (nSPS) is 17.3. The van der Waals surface area contributed by atoms with E-state index < -0.39 is 11.7 Å². The lowest BCUT2D eigenvalue weighted by Gasteiger charge is -2.18. The van der Waals surface area contributed by atoms with Crippen molar-refractivity contribution >= 4 is 21.6 Å². The highest BCUT2D eigenvalue weighted by Gasteiger charge is 2.30. The van der Waals surface area contributed by atoms with Gasteiger partial charge in [-0.2, -0.15) is 13.2 Å². The lowest BCUT2D eigenvalue weighted by atomic mass is 9.89. The summed E-state index contributed by atoms with van der Waals surface area (Å²) in [5, 5.41) is 0.923. The molecule has 3 aromatic rings. The van der Waals surface area contributed by atoms with Gasteiger partial charge >= 0.3 is 6.18 Å². The molecule has 7 heteroatoms. The zero-order valence-corrected chi connectivity index (χ0v) is 15.0. The SMILES string of the molecule is C[C@@H]1CCc2c(sc3ncnc(OCc4cccc(C(F)(F)F)c4)c23)C1. The molecule has 1 aliphatic carbocycles. The van der Waals surface area contributed by atoms with Crippen molar-refractivity contribution in [2.75, 3.05) is 0 Å². The second-order valence-electron chi connectivity index (χ2n) is 6.70. The third-order valence-corrected chi connectivity index (χ3v) is 5.85. The molecule has 0 radical (unpaired) electrons. The van der Waals surface area contributed by atoms with Gasteiger partial charge in [-0.25, -0.2) is 9.97 Å². The van der Waals surface area contributed by atoms with Gasteiger partial charge in [-0.1, -0.05) is 19.1 Å². The summed E-state index contributed by atoms with van der Waals surface area (Å²) in [6.45, 7) is 2.28. The molecule has 2 heterocycles. The number of thiophene rings is 1. The number of aromatic nitrogens is 2. The molecule has 0 spiro atoms. The molecule has 0 N–H and O–H groups in total. The van der Waals surface area contributed by atoms with E-state index in [-0.39, 0.29) is 6.61 Å². The fourth-order valence-electron chi connectivity index (χ4n) is 3.34. The van der Waals surface area contributed by atoms with Crippen LogP contribution < -0.4 is 4.74 Å². The number of halogens is 3. The van der Waals surface area contributed by atoms with Crippen LogP contribution in [0.25, 0.3) is 10.2 Å². The van der Waals surface area contributed by atoms with Crippen molar-refractivity contribution < 1.29 is 17.9 Å². The van der Waals surface area contributed by atoms with Crippen molar-refractivity contribution in [1.82, 2.24) is 9.97 Å². The monoisotopic (exact) mass is 378 g/mol. The molecule has 1 aliphatic rings. The highest BCUT2D eigenvalue weighted by atomic mass is 32.1. The van der Waals surface area contributed by atoms with Gasteiger partial charge in [0.2, 0.25) is 5.88 Å². The Kier molecular flexibility index (Phi) is 4.34. The molecule has 0 bridgehead atoms. The summed E-state index contributed by atoms with van der Waals surface area (Å²) in [5.74, 6) is 1.11. The van der Waals surface area contributed by atoms with Gasteiger partial charge in [0.05, 0.1) is 10.9 Å². The van der Waals surface area contributed by atoms with E-state index in [4.69, 9.17) is 4.74 Å². The van der Waals surface area contributed by atoms with Crippen LogP contribution in [0.15, 0.2) is 30.6 Å². The van der Waals surface area contributed by atoms with Gasteiger partial charge in [-0.05, 0) is 48.4 Å². The van der Waals surface area contributed by atoms with Gasteiger partial charge in [0.1, 0.15) is 17.8 Å². The second-order valence-corrected chi connectivity index (χ2v) is 7.78. The standard InChI is InChI=1S/C19H17F3N2OS/c1-11-5-6-14-15(7-11)26-18-16(14)17(23-10-24-18)25-9-12-3-2-4-13(8-12)19(20,21)22/h2-4,8,10-11H,5-7,9H2,1H3/t11-/m1/s1. The Morgan fingerprint density at radius 3 is 2.92 bits per heavy atom. The fraction of sp³-hybridized carbons (Fsp3) is 0.368. The Morgan fingerprint density at radius 2 is 2.12 bits per heavy atom. The molecule has 136 valence electrons. The summed E-state index contributed by atoms with van der Waals surface area (Å²) in [6.07, 6.45) is 0.199. The first kappa shape index (κ1) is 17.3. The minimum absolute atomic E-state index is 0.0387. The number of nitrogens with zero attached hydrogens (tertiary/aromatic N) is 2. The predicted octanol–water partition coefficient (Wildman–Crippen LogP) is 5.41. The van der Waals surface area contributed by atoms with E-state index in [9.17, 15) is 13.2 Å². The van der Waals surface area contributed by atoms with E-state index in [1.807, 2.05) is 0 Å². The summed E-state index contributed by atoms with van der Waals surface area (Å²) in [6, 6.07) is 5.19. The molecular formula is C19H17F3N2OS. The van der Waals surface area contributed by atoms with E-state index in [0.29, 0.717) is 17.4 Å². The van der Waals surface area contributed by atoms with Crippen LogP contribution in [0, 0.1) is 5.92 Å². The van der Waals surface area contributed by atoms with E-state index in [1.165, 1.54) is 22.8 Å². The molecular weight excluding hydrogens is 361 g/mol. The molecule has 0 amide bonds. The predicted molar refractivity (Wildman–Crippen MR) is 94.4 cm³/mol. The smallest absolute Gasteiger partial charge is 0.416 e. The first-order valence-electron chi connectivity index (χ1n) is 8.46. The van der Waals surface area contributed by atoms with Crippen LogP contribution in [-0.2, 0) is 25.6 Å². The fourth-order valence-corrected chi connectivity index (χ4v) is 4.69. The maximum Gasteiger partial charge on any atom is 0.416 e. The average molecular weight is 378 g/mol. The van der Waals surface area contributed by atoms with E-state index in [0.717, 1.165) is 41.6 Å². The third-order valence-electron chi connectivity index (χ3n) is 4.69. The maximum absolute atomic E-state index is 12.9. The summed E-state index contributed by atoms with van der Waals surface area (Å²) < 4.78 is 44.4. The Balaban J connectivity index is 1.62. The quantitative estimate of drug-likeness (QED) is 0.611. The molecule has 4 rings (SSSR count). The van der Waals surface area contributed by atoms with Gasteiger partial charge in [0.15, 0.2) is 0 Å². The van der Waals surface area contributed by atoms with Crippen LogP contribution in [0.1, 0.15) is 34.9 Å². The minimum atomic E-state index is -4.36. The van der Waals surface area contributed by atoms with Crippen molar-refractivity contribution in [3.8, 4) is 5.88 Å². The highest BCUT2D eigenvalue weighted by Crippen LogP contribution is 2.40. The zero-order chi connectivity index (χ0) is 18.3. The number of rotatable bonds is 3. The summed E-state index contributed by atoms with van der Waals surface area (Å²) in [5.41, 5.74) is 1.03. The van der Waals surface area contributed by atoms with E-state index >= 15 is 0 Å².